The number of hydrogen-bond acceptors (Lipinski definition) is 4. The van der Waals surface area contributed by atoms with Gasteiger partial charge in [0.05, 0.1) is 6.10 Å². The van der Waals surface area contributed by atoms with E-state index in [0.717, 1.165) is 51.6 Å². The largest absolute Gasteiger partial charge is 0.385 e. The molecule has 0 aromatic heterocycles. The summed E-state index contributed by atoms with van der Waals surface area (Å²) in [5.41, 5.74) is 2.68. The third kappa shape index (κ3) is 5.34. The lowest BCUT2D eigenvalue weighted by Crippen LogP contribution is -2.47. The van der Waals surface area contributed by atoms with Gasteiger partial charge in [0, 0.05) is 40.0 Å². The minimum absolute atomic E-state index is 0.218. The van der Waals surface area contributed by atoms with Gasteiger partial charge in [-0.3, -0.25) is 10.4 Å². The summed E-state index contributed by atoms with van der Waals surface area (Å²) in [7, 11) is 1.69. The minimum atomic E-state index is 0.218. The van der Waals surface area contributed by atoms with Crippen molar-refractivity contribution >= 4 is 5.96 Å². The highest BCUT2D eigenvalue weighted by Crippen LogP contribution is 2.05. The van der Waals surface area contributed by atoms with Crippen molar-refractivity contribution in [3.05, 3.63) is 0 Å². The number of nitrogens with zero attached hydrogens (tertiary/aromatic N) is 2. The number of guanidine groups is 1. The van der Waals surface area contributed by atoms with Crippen molar-refractivity contribution in [1.82, 2.24) is 10.3 Å². The molecule has 1 rings (SSSR count). The highest BCUT2D eigenvalue weighted by atomic mass is 16.5. The number of aliphatic imine (C=N–C) groups is 1. The van der Waals surface area contributed by atoms with E-state index in [0.29, 0.717) is 0 Å². The second kappa shape index (κ2) is 8.27. The van der Waals surface area contributed by atoms with Gasteiger partial charge in [-0.25, -0.2) is 5.84 Å². The van der Waals surface area contributed by atoms with Crippen LogP contribution in [0.1, 0.15) is 19.8 Å². The molecule has 1 atom stereocenters. The molecule has 0 aromatic carbocycles. The summed E-state index contributed by atoms with van der Waals surface area (Å²) >= 11 is 0. The molecule has 6 nitrogen and oxygen atoms in total. The smallest absolute Gasteiger partial charge is 0.208 e. The van der Waals surface area contributed by atoms with E-state index in [2.05, 4.69) is 22.2 Å². The Kier molecular flexibility index (Phi) is 6.91. The summed E-state index contributed by atoms with van der Waals surface area (Å²) in [4.78, 5) is 6.59. The van der Waals surface area contributed by atoms with Crippen molar-refractivity contribution in [2.75, 3.05) is 40.0 Å². The number of ether oxygens (including phenoxy) is 2. The van der Waals surface area contributed by atoms with Gasteiger partial charge in [0.15, 0.2) is 0 Å². The number of hydrazine groups is 1. The Balaban J connectivity index is 2.46. The molecule has 0 aromatic rings. The van der Waals surface area contributed by atoms with Gasteiger partial charge in [0.25, 0.3) is 0 Å². The standard InChI is InChI=1S/C11H24N4O2/c1-10-9-15(6-4-8-17-10)11(14-12)13-5-3-7-16-2/h10H,3-9,12H2,1-2H3,(H,13,14). The molecule has 100 valence electrons. The van der Waals surface area contributed by atoms with Crippen molar-refractivity contribution in [3.8, 4) is 0 Å². The highest BCUT2D eigenvalue weighted by Gasteiger charge is 2.17. The maximum atomic E-state index is 5.59. The second-order valence-corrected chi connectivity index (χ2v) is 4.18. The van der Waals surface area contributed by atoms with Crippen LogP contribution in [0.2, 0.25) is 0 Å². The van der Waals surface area contributed by atoms with Crippen LogP contribution in [0.3, 0.4) is 0 Å². The summed E-state index contributed by atoms with van der Waals surface area (Å²) in [5.74, 6) is 6.27. The summed E-state index contributed by atoms with van der Waals surface area (Å²) < 4.78 is 10.6. The Bertz CT molecular complexity index is 236. The van der Waals surface area contributed by atoms with Crippen LogP contribution in [0.25, 0.3) is 0 Å². The van der Waals surface area contributed by atoms with Crippen LogP contribution < -0.4 is 11.3 Å². The Morgan fingerprint density at radius 1 is 1.65 bits per heavy atom. The molecule has 0 aliphatic carbocycles. The SMILES string of the molecule is COCCCN=C(NN)N1CCCOC(C)C1. The molecule has 0 amide bonds. The number of nitrogens with one attached hydrogen (secondary N) is 1. The lowest BCUT2D eigenvalue weighted by molar-refractivity contribution is 0.0740. The van der Waals surface area contributed by atoms with Crippen LogP contribution in [-0.4, -0.2) is 56.9 Å². The normalized spacial score (nSPS) is 22.4. The van der Waals surface area contributed by atoms with Crippen LogP contribution in [0.15, 0.2) is 4.99 Å². The third-order valence-electron chi connectivity index (χ3n) is 2.65. The lowest BCUT2D eigenvalue weighted by atomic mass is 10.3. The molecule has 3 N–H and O–H groups in total. The zero-order valence-electron chi connectivity index (χ0n) is 10.8. The first-order chi connectivity index (χ1) is 8.27. The van der Waals surface area contributed by atoms with E-state index in [-0.39, 0.29) is 6.10 Å². The highest BCUT2D eigenvalue weighted by molar-refractivity contribution is 5.79. The predicted molar refractivity (Wildman–Crippen MR) is 67.7 cm³/mol. The number of methoxy groups -OCH3 is 1. The van der Waals surface area contributed by atoms with Crippen molar-refractivity contribution in [3.63, 3.8) is 0 Å². The van der Waals surface area contributed by atoms with Crippen LogP contribution in [0.4, 0.5) is 0 Å². The average Bonchev–Trinajstić information content (AvgIpc) is 2.54. The van der Waals surface area contributed by atoms with Crippen molar-refractivity contribution in [1.29, 1.82) is 0 Å². The topological polar surface area (TPSA) is 72.1 Å². The van der Waals surface area contributed by atoms with Gasteiger partial charge < -0.3 is 14.4 Å². The Hall–Kier alpha value is -0.850. The van der Waals surface area contributed by atoms with E-state index in [1.165, 1.54) is 0 Å². The van der Waals surface area contributed by atoms with E-state index < -0.39 is 0 Å². The molecule has 1 aliphatic rings. The van der Waals surface area contributed by atoms with E-state index in [9.17, 15) is 0 Å². The van der Waals surface area contributed by atoms with Crippen LogP contribution in [0, 0.1) is 0 Å². The van der Waals surface area contributed by atoms with Crippen molar-refractivity contribution < 1.29 is 9.47 Å². The second-order valence-electron chi connectivity index (χ2n) is 4.18. The molecule has 0 bridgehead atoms. The lowest BCUT2D eigenvalue weighted by Gasteiger charge is -2.25. The predicted octanol–water partition coefficient (Wildman–Crippen LogP) is -0.0470. The molecular weight excluding hydrogens is 220 g/mol. The minimum Gasteiger partial charge on any atom is -0.385 e. The van der Waals surface area contributed by atoms with Gasteiger partial charge >= 0.3 is 0 Å². The van der Waals surface area contributed by atoms with Gasteiger partial charge in [0.2, 0.25) is 5.96 Å². The summed E-state index contributed by atoms with van der Waals surface area (Å²) in [6, 6.07) is 0. The van der Waals surface area contributed by atoms with Crippen molar-refractivity contribution in [2.45, 2.75) is 25.9 Å². The third-order valence-corrected chi connectivity index (χ3v) is 2.65. The molecule has 1 fully saturated rings. The molecule has 1 heterocycles. The van der Waals surface area contributed by atoms with E-state index in [4.69, 9.17) is 15.3 Å². The van der Waals surface area contributed by atoms with Gasteiger partial charge in [-0.1, -0.05) is 0 Å². The molecule has 1 unspecified atom stereocenters. The fourth-order valence-corrected chi connectivity index (χ4v) is 1.82. The molecule has 1 saturated heterocycles. The Labute approximate surface area is 103 Å². The Morgan fingerprint density at radius 3 is 3.18 bits per heavy atom. The first-order valence-corrected chi connectivity index (χ1v) is 6.14. The summed E-state index contributed by atoms with van der Waals surface area (Å²) in [6.07, 6.45) is 2.13. The maximum Gasteiger partial charge on any atom is 0.208 e. The van der Waals surface area contributed by atoms with Gasteiger partial charge in [-0.05, 0) is 19.8 Å². The zero-order valence-corrected chi connectivity index (χ0v) is 10.8. The fraction of sp³-hybridized carbons (Fsp3) is 0.909. The first kappa shape index (κ1) is 14.2. The van der Waals surface area contributed by atoms with Gasteiger partial charge in [-0.15, -0.1) is 0 Å². The molecular formula is C11H24N4O2. The number of rotatable bonds is 4. The van der Waals surface area contributed by atoms with E-state index in [1.807, 2.05) is 0 Å². The van der Waals surface area contributed by atoms with E-state index in [1.54, 1.807) is 7.11 Å². The van der Waals surface area contributed by atoms with Crippen LogP contribution >= 0.6 is 0 Å². The molecule has 0 spiro atoms. The molecule has 0 saturated carbocycles. The zero-order chi connectivity index (χ0) is 12.5. The summed E-state index contributed by atoms with van der Waals surface area (Å²) in [6.45, 7) is 6.07. The summed E-state index contributed by atoms with van der Waals surface area (Å²) in [5, 5.41) is 0. The van der Waals surface area contributed by atoms with Crippen molar-refractivity contribution in [2.24, 2.45) is 10.8 Å². The Morgan fingerprint density at radius 2 is 2.47 bits per heavy atom. The average molecular weight is 244 g/mol. The number of hydrogen-bond donors (Lipinski definition) is 2. The fourth-order valence-electron chi connectivity index (χ4n) is 1.82. The van der Waals surface area contributed by atoms with Crippen LogP contribution in [0.5, 0.6) is 0 Å². The quantitative estimate of drug-likeness (QED) is 0.238. The molecule has 6 heteroatoms. The molecule has 17 heavy (non-hydrogen) atoms. The molecule has 0 radical (unpaired) electrons. The van der Waals surface area contributed by atoms with Crippen LogP contribution in [-0.2, 0) is 9.47 Å². The molecule has 1 aliphatic heterocycles. The monoisotopic (exact) mass is 244 g/mol. The van der Waals surface area contributed by atoms with E-state index >= 15 is 0 Å². The van der Waals surface area contributed by atoms with Gasteiger partial charge in [0.1, 0.15) is 0 Å². The maximum absolute atomic E-state index is 5.59. The first-order valence-electron chi connectivity index (χ1n) is 6.14. The van der Waals surface area contributed by atoms with Gasteiger partial charge in [-0.2, -0.15) is 0 Å². The number of nitrogens with two attached hydrogens (primary N) is 1.